The van der Waals surface area contributed by atoms with Gasteiger partial charge in [-0.25, -0.2) is 0 Å². The molecule has 0 fully saturated rings. The summed E-state index contributed by atoms with van der Waals surface area (Å²) in [5.41, 5.74) is 1.15. The molecule has 0 aliphatic carbocycles. The highest BCUT2D eigenvalue weighted by Gasteiger charge is 2.07. The summed E-state index contributed by atoms with van der Waals surface area (Å²) in [4.78, 5) is 0. The summed E-state index contributed by atoms with van der Waals surface area (Å²) in [6.07, 6.45) is 1.90. The minimum atomic E-state index is 0.326. The Morgan fingerprint density at radius 3 is 2.83 bits per heavy atom. The Labute approximate surface area is 91.8 Å². The molecule has 0 bridgehead atoms. The largest absolute Gasteiger partial charge is 0.102 e. The molecular formula is C10H10ClI. The van der Waals surface area contributed by atoms with Crippen LogP contribution in [0.2, 0.25) is 5.02 Å². The molecular weight excluding hydrogens is 282 g/mol. The van der Waals surface area contributed by atoms with Crippen LogP contribution >= 0.6 is 34.2 Å². The average molecular weight is 293 g/mol. The summed E-state index contributed by atoms with van der Waals surface area (Å²) in [7, 11) is 0. The quantitative estimate of drug-likeness (QED) is 0.565. The van der Waals surface area contributed by atoms with Crippen LogP contribution in [-0.4, -0.2) is 0 Å². The zero-order valence-corrected chi connectivity index (χ0v) is 9.76. The van der Waals surface area contributed by atoms with Gasteiger partial charge in [-0.15, -0.1) is 6.58 Å². The van der Waals surface area contributed by atoms with Crippen molar-refractivity contribution in [2.45, 2.75) is 12.8 Å². The van der Waals surface area contributed by atoms with Gasteiger partial charge in [0.15, 0.2) is 0 Å². The summed E-state index contributed by atoms with van der Waals surface area (Å²) in [6.45, 7) is 5.83. The molecule has 0 aliphatic rings. The fourth-order valence-electron chi connectivity index (χ4n) is 0.999. The van der Waals surface area contributed by atoms with E-state index in [0.29, 0.717) is 5.92 Å². The van der Waals surface area contributed by atoms with Crippen molar-refractivity contribution in [1.29, 1.82) is 0 Å². The molecule has 0 nitrogen and oxygen atoms in total. The molecule has 0 spiro atoms. The highest BCUT2D eigenvalue weighted by molar-refractivity contribution is 14.1. The van der Waals surface area contributed by atoms with Gasteiger partial charge in [-0.1, -0.05) is 36.7 Å². The van der Waals surface area contributed by atoms with Crippen LogP contribution in [0.4, 0.5) is 0 Å². The van der Waals surface area contributed by atoms with E-state index in [1.165, 1.54) is 0 Å². The Morgan fingerprint density at radius 2 is 2.25 bits per heavy atom. The fraction of sp³-hybridized carbons (Fsp3) is 0.200. The van der Waals surface area contributed by atoms with Crippen LogP contribution in [0.3, 0.4) is 0 Å². The SMILES string of the molecule is C=CC(C)c1cccc(I)c1Cl. The smallest absolute Gasteiger partial charge is 0.0577 e. The maximum Gasteiger partial charge on any atom is 0.0577 e. The number of allylic oxidation sites excluding steroid dienone is 1. The lowest BCUT2D eigenvalue weighted by molar-refractivity contribution is 0.970. The van der Waals surface area contributed by atoms with Gasteiger partial charge >= 0.3 is 0 Å². The van der Waals surface area contributed by atoms with Gasteiger partial charge in [-0.2, -0.15) is 0 Å². The predicted octanol–water partition coefficient (Wildman–Crippen LogP) is 4.23. The van der Waals surface area contributed by atoms with E-state index in [0.717, 1.165) is 14.2 Å². The van der Waals surface area contributed by atoms with E-state index in [-0.39, 0.29) is 0 Å². The van der Waals surface area contributed by atoms with Crippen molar-refractivity contribution in [3.63, 3.8) is 0 Å². The Bertz CT molecular complexity index is 294. The lowest BCUT2D eigenvalue weighted by atomic mass is 10.0. The second-order valence-electron chi connectivity index (χ2n) is 2.67. The monoisotopic (exact) mass is 292 g/mol. The summed E-state index contributed by atoms with van der Waals surface area (Å²) in [6, 6.07) is 6.06. The molecule has 1 aromatic rings. The molecule has 64 valence electrons. The Hall–Kier alpha value is -0.0200. The summed E-state index contributed by atoms with van der Waals surface area (Å²) in [5.74, 6) is 0.326. The van der Waals surface area contributed by atoms with Crippen molar-refractivity contribution in [1.82, 2.24) is 0 Å². The Morgan fingerprint density at radius 1 is 1.58 bits per heavy atom. The summed E-state index contributed by atoms with van der Waals surface area (Å²) < 4.78 is 1.10. The van der Waals surface area contributed by atoms with E-state index in [1.807, 2.05) is 24.3 Å². The molecule has 1 atom stereocenters. The highest BCUT2D eigenvalue weighted by atomic mass is 127. The second-order valence-corrected chi connectivity index (χ2v) is 4.21. The predicted molar refractivity (Wildman–Crippen MR) is 62.8 cm³/mol. The average Bonchev–Trinajstić information content (AvgIpc) is 2.08. The van der Waals surface area contributed by atoms with Crippen molar-refractivity contribution in [3.8, 4) is 0 Å². The van der Waals surface area contributed by atoms with Gasteiger partial charge in [-0.3, -0.25) is 0 Å². The molecule has 0 N–H and O–H groups in total. The second kappa shape index (κ2) is 4.28. The van der Waals surface area contributed by atoms with Crippen LogP contribution in [0, 0.1) is 3.57 Å². The van der Waals surface area contributed by atoms with Gasteiger partial charge in [0, 0.05) is 9.49 Å². The lowest BCUT2D eigenvalue weighted by Gasteiger charge is -2.09. The first-order valence-corrected chi connectivity index (χ1v) is 5.19. The summed E-state index contributed by atoms with van der Waals surface area (Å²) >= 11 is 8.34. The van der Waals surface area contributed by atoms with Gasteiger partial charge in [0.25, 0.3) is 0 Å². The van der Waals surface area contributed by atoms with E-state index in [2.05, 4.69) is 36.1 Å². The number of benzene rings is 1. The first kappa shape index (κ1) is 10.1. The third-order valence-corrected chi connectivity index (χ3v) is 3.47. The number of halogens is 2. The minimum absolute atomic E-state index is 0.326. The van der Waals surface area contributed by atoms with Gasteiger partial charge < -0.3 is 0 Å². The molecule has 1 rings (SSSR count). The van der Waals surface area contributed by atoms with E-state index in [4.69, 9.17) is 11.6 Å². The lowest BCUT2D eigenvalue weighted by Crippen LogP contribution is -1.91. The molecule has 0 saturated carbocycles. The van der Waals surface area contributed by atoms with Crippen molar-refractivity contribution in [2.24, 2.45) is 0 Å². The standard InChI is InChI=1S/C10H10ClI/c1-3-7(2)8-5-4-6-9(12)10(8)11/h3-7H,1H2,2H3. The minimum Gasteiger partial charge on any atom is -0.102 e. The molecule has 12 heavy (non-hydrogen) atoms. The normalized spacial score (nSPS) is 12.6. The van der Waals surface area contributed by atoms with Crippen molar-refractivity contribution in [2.75, 3.05) is 0 Å². The van der Waals surface area contributed by atoms with Crippen molar-refractivity contribution in [3.05, 3.63) is 45.0 Å². The maximum absolute atomic E-state index is 6.11. The third-order valence-electron chi connectivity index (χ3n) is 1.83. The number of hydrogen-bond donors (Lipinski definition) is 0. The van der Waals surface area contributed by atoms with E-state index >= 15 is 0 Å². The number of rotatable bonds is 2. The Balaban J connectivity index is 3.15. The molecule has 0 radical (unpaired) electrons. The van der Waals surface area contributed by atoms with Crippen LogP contribution in [-0.2, 0) is 0 Å². The Kier molecular flexibility index (Phi) is 3.59. The van der Waals surface area contributed by atoms with Crippen LogP contribution in [0.5, 0.6) is 0 Å². The van der Waals surface area contributed by atoms with Gasteiger partial charge in [-0.05, 0) is 34.2 Å². The van der Waals surface area contributed by atoms with Gasteiger partial charge in [0.1, 0.15) is 0 Å². The first-order chi connectivity index (χ1) is 5.66. The zero-order valence-electron chi connectivity index (χ0n) is 6.85. The molecule has 0 heterocycles. The van der Waals surface area contributed by atoms with E-state index in [1.54, 1.807) is 0 Å². The van der Waals surface area contributed by atoms with Gasteiger partial charge in [0.2, 0.25) is 0 Å². The summed E-state index contributed by atoms with van der Waals surface area (Å²) in [5, 5.41) is 0.852. The molecule has 0 aliphatic heterocycles. The maximum atomic E-state index is 6.11. The van der Waals surface area contributed by atoms with Crippen molar-refractivity contribution >= 4 is 34.2 Å². The molecule has 0 saturated heterocycles. The third kappa shape index (κ3) is 2.02. The van der Waals surface area contributed by atoms with Gasteiger partial charge in [0.05, 0.1) is 5.02 Å². The zero-order chi connectivity index (χ0) is 9.14. The van der Waals surface area contributed by atoms with Crippen LogP contribution < -0.4 is 0 Å². The highest BCUT2D eigenvalue weighted by Crippen LogP contribution is 2.28. The van der Waals surface area contributed by atoms with E-state index in [9.17, 15) is 0 Å². The molecule has 2 heteroatoms. The topological polar surface area (TPSA) is 0 Å². The first-order valence-electron chi connectivity index (χ1n) is 3.73. The number of hydrogen-bond acceptors (Lipinski definition) is 0. The molecule has 1 aromatic carbocycles. The van der Waals surface area contributed by atoms with E-state index < -0.39 is 0 Å². The molecule has 1 unspecified atom stereocenters. The van der Waals surface area contributed by atoms with Crippen molar-refractivity contribution < 1.29 is 0 Å². The van der Waals surface area contributed by atoms with Crippen LogP contribution in [0.15, 0.2) is 30.9 Å². The molecule has 0 aromatic heterocycles. The van der Waals surface area contributed by atoms with Crippen LogP contribution in [0.1, 0.15) is 18.4 Å². The molecule has 0 amide bonds. The van der Waals surface area contributed by atoms with Crippen LogP contribution in [0.25, 0.3) is 0 Å². The fourth-order valence-corrected chi connectivity index (χ4v) is 1.82.